The van der Waals surface area contributed by atoms with Crippen molar-refractivity contribution in [3.05, 3.63) is 12.3 Å². The fraction of sp³-hybridized carbons (Fsp3) is 0.733. The van der Waals surface area contributed by atoms with Crippen LogP contribution < -0.4 is 0 Å². The lowest BCUT2D eigenvalue weighted by atomic mass is 9.97. The lowest BCUT2D eigenvalue weighted by Crippen LogP contribution is -2.37. The van der Waals surface area contributed by atoms with Crippen molar-refractivity contribution in [2.75, 3.05) is 6.61 Å². The molecule has 0 aromatic rings. The Balaban J connectivity index is 2.52. The van der Waals surface area contributed by atoms with E-state index in [-0.39, 0.29) is 18.5 Å². The maximum Gasteiger partial charge on any atom is 0.311 e. The van der Waals surface area contributed by atoms with Crippen molar-refractivity contribution >= 4 is 11.9 Å². The molecule has 0 radical (unpaired) electrons. The van der Waals surface area contributed by atoms with Gasteiger partial charge in [-0.05, 0) is 47.6 Å². The van der Waals surface area contributed by atoms with E-state index in [9.17, 15) is 9.59 Å². The van der Waals surface area contributed by atoms with Crippen LogP contribution in [0.25, 0.3) is 0 Å². The Kier molecular flexibility index (Phi) is 4.84. The monoisotopic (exact) mass is 284 g/mol. The summed E-state index contributed by atoms with van der Waals surface area (Å²) in [5.41, 5.74) is -1.15. The highest BCUT2D eigenvalue weighted by atomic mass is 16.6. The quantitative estimate of drug-likeness (QED) is 0.745. The van der Waals surface area contributed by atoms with E-state index in [0.29, 0.717) is 0 Å². The molecule has 0 spiro atoms. The van der Waals surface area contributed by atoms with E-state index in [1.807, 2.05) is 0 Å². The highest BCUT2D eigenvalue weighted by Gasteiger charge is 2.34. The first-order chi connectivity index (χ1) is 9.01. The number of esters is 2. The molecule has 0 fully saturated rings. The molecule has 0 aliphatic carbocycles. The van der Waals surface area contributed by atoms with Crippen molar-refractivity contribution in [1.29, 1.82) is 0 Å². The molecule has 1 rings (SSSR count). The molecular formula is C15H24O5. The second-order valence-corrected chi connectivity index (χ2v) is 6.97. The van der Waals surface area contributed by atoms with Gasteiger partial charge in [0.2, 0.25) is 0 Å². The molecule has 114 valence electrons. The summed E-state index contributed by atoms with van der Waals surface area (Å²) < 4.78 is 15.9. The van der Waals surface area contributed by atoms with E-state index < -0.39 is 23.0 Å². The van der Waals surface area contributed by atoms with Gasteiger partial charge in [0, 0.05) is 0 Å². The Bertz CT molecular complexity index is 397. The first kappa shape index (κ1) is 16.5. The fourth-order valence-corrected chi connectivity index (χ4v) is 1.35. The van der Waals surface area contributed by atoms with Crippen LogP contribution in [0.3, 0.4) is 0 Å². The zero-order chi connectivity index (χ0) is 15.6. The van der Waals surface area contributed by atoms with Gasteiger partial charge in [0.25, 0.3) is 0 Å². The summed E-state index contributed by atoms with van der Waals surface area (Å²) in [4.78, 5) is 23.5. The number of carbonyl (C=O) groups is 2. The van der Waals surface area contributed by atoms with Gasteiger partial charge in [-0.2, -0.15) is 0 Å². The summed E-state index contributed by atoms with van der Waals surface area (Å²) in [5, 5.41) is 0. The number of ether oxygens (including phenoxy) is 3. The number of rotatable bonds is 3. The zero-order valence-corrected chi connectivity index (χ0v) is 13.1. The standard InChI is InChI=1S/C15H24O5/c1-14(2,3)12(16)19-9-11-10(7-8-18-11)20-13(17)15(4,5)6/h7-8,10-11H,9H2,1-6H3/t10-,11+/m0/s1. The van der Waals surface area contributed by atoms with Gasteiger partial charge in [-0.15, -0.1) is 0 Å². The molecule has 0 aromatic heterocycles. The minimum Gasteiger partial charge on any atom is -0.490 e. The Labute approximate surface area is 120 Å². The van der Waals surface area contributed by atoms with Crippen LogP contribution in [0.4, 0.5) is 0 Å². The van der Waals surface area contributed by atoms with Crippen LogP contribution in [-0.4, -0.2) is 30.8 Å². The molecule has 0 saturated heterocycles. The van der Waals surface area contributed by atoms with Crippen molar-refractivity contribution < 1.29 is 23.8 Å². The van der Waals surface area contributed by atoms with Crippen molar-refractivity contribution in [1.82, 2.24) is 0 Å². The summed E-state index contributed by atoms with van der Waals surface area (Å²) in [5.74, 6) is -0.626. The van der Waals surface area contributed by atoms with Crippen molar-refractivity contribution in [2.45, 2.75) is 53.8 Å². The first-order valence-electron chi connectivity index (χ1n) is 6.72. The average molecular weight is 284 g/mol. The third-order valence-electron chi connectivity index (χ3n) is 2.73. The summed E-state index contributed by atoms with van der Waals surface area (Å²) in [6, 6.07) is 0. The van der Waals surface area contributed by atoms with Crippen LogP contribution in [-0.2, 0) is 23.8 Å². The zero-order valence-electron chi connectivity index (χ0n) is 13.1. The molecule has 0 saturated carbocycles. The summed E-state index contributed by atoms with van der Waals surface area (Å²) in [7, 11) is 0. The summed E-state index contributed by atoms with van der Waals surface area (Å²) >= 11 is 0. The van der Waals surface area contributed by atoms with E-state index in [1.54, 1.807) is 47.6 Å². The molecule has 1 heterocycles. The molecule has 20 heavy (non-hydrogen) atoms. The SMILES string of the molecule is CC(C)(C)C(=O)OC[C@H]1OC=C[C@@H]1OC(=O)C(C)(C)C. The van der Waals surface area contributed by atoms with Gasteiger partial charge in [0.1, 0.15) is 6.61 Å². The third-order valence-corrected chi connectivity index (χ3v) is 2.73. The van der Waals surface area contributed by atoms with E-state index in [4.69, 9.17) is 14.2 Å². The highest BCUT2D eigenvalue weighted by Crippen LogP contribution is 2.22. The largest absolute Gasteiger partial charge is 0.490 e. The Hall–Kier alpha value is -1.52. The van der Waals surface area contributed by atoms with Gasteiger partial charge in [-0.1, -0.05) is 0 Å². The third kappa shape index (κ3) is 4.54. The predicted molar refractivity (Wildman–Crippen MR) is 73.8 cm³/mol. The van der Waals surface area contributed by atoms with E-state index in [0.717, 1.165) is 0 Å². The second-order valence-electron chi connectivity index (χ2n) is 6.97. The van der Waals surface area contributed by atoms with Crippen LogP contribution in [0.2, 0.25) is 0 Å². The topological polar surface area (TPSA) is 61.8 Å². The molecule has 0 unspecified atom stereocenters. The number of hydrogen-bond acceptors (Lipinski definition) is 5. The minimum absolute atomic E-state index is 0.0607. The molecule has 5 nitrogen and oxygen atoms in total. The van der Waals surface area contributed by atoms with Crippen LogP contribution >= 0.6 is 0 Å². The molecule has 5 heteroatoms. The maximum absolute atomic E-state index is 11.8. The maximum atomic E-state index is 11.8. The molecule has 0 bridgehead atoms. The van der Waals surface area contributed by atoms with E-state index in [1.165, 1.54) is 6.26 Å². The molecule has 2 atom stereocenters. The highest BCUT2D eigenvalue weighted by molar-refractivity contribution is 5.76. The Morgan fingerprint density at radius 2 is 1.60 bits per heavy atom. The lowest BCUT2D eigenvalue weighted by Gasteiger charge is -2.24. The normalized spacial score (nSPS) is 22.3. The van der Waals surface area contributed by atoms with Gasteiger partial charge in [0.05, 0.1) is 17.1 Å². The molecule has 1 aliphatic rings. The Morgan fingerprint density at radius 3 is 2.10 bits per heavy atom. The first-order valence-corrected chi connectivity index (χ1v) is 6.72. The van der Waals surface area contributed by atoms with Gasteiger partial charge < -0.3 is 14.2 Å². The van der Waals surface area contributed by atoms with Crippen LogP contribution in [0.15, 0.2) is 12.3 Å². The molecule has 1 aliphatic heterocycles. The van der Waals surface area contributed by atoms with Gasteiger partial charge in [-0.3, -0.25) is 9.59 Å². The number of carbonyl (C=O) groups excluding carboxylic acids is 2. The predicted octanol–water partition coefficient (Wildman–Crippen LogP) is 2.45. The molecule has 0 amide bonds. The van der Waals surface area contributed by atoms with Gasteiger partial charge in [0.15, 0.2) is 12.2 Å². The second kappa shape index (κ2) is 5.85. The smallest absolute Gasteiger partial charge is 0.311 e. The van der Waals surface area contributed by atoms with Crippen LogP contribution in [0, 0.1) is 10.8 Å². The van der Waals surface area contributed by atoms with Gasteiger partial charge >= 0.3 is 11.9 Å². The number of hydrogen-bond donors (Lipinski definition) is 0. The molecular weight excluding hydrogens is 260 g/mol. The lowest BCUT2D eigenvalue weighted by molar-refractivity contribution is -0.165. The average Bonchev–Trinajstić information content (AvgIpc) is 2.70. The Morgan fingerprint density at radius 1 is 1.05 bits per heavy atom. The fourth-order valence-electron chi connectivity index (χ4n) is 1.35. The van der Waals surface area contributed by atoms with Crippen LogP contribution in [0.1, 0.15) is 41.5 Å². The summed E-state index contributed by atoms with van der Waals surface area (Å²) in [6.45, 7) is 10.7. The van der Waals surface area contributed by atoms with Gasteiger partial charge in [-0.25, -0.2) is 0 Å². The minimum atomic E-state index is -0.580. The molecule has 0 N–H and O–H groups in total. The van der Waals surface area contributed by atoms with Crippen molar-refractivity contribution in [2.24, 2.45) is 10.8 Å². The van der Waals surface area contributed by atoms with E-state index >= 15 is 0 Å². The summed E-state index contributed by atoms with van der Waals surface area (Å²) in [6.07, 6.45) is 2.12. The molecule has 0 aromatic carbocycles. The van der Waals surface area contributed by atoms with E-state index in [2.05, 4.69) is 0 Å². The van der Waals surface area contributed by atoms with Crippen molar-refractivity contribution in [3.8, 4) is 0 Å². The van der Waals surface area contributed by atoms with Crippen LogP contribution in [0.5, 0.6) is 0 Å². The van der Waals surface area contributed by atoms with Crippen molar-refractivity contribution in [3.63, 3.8) is 0 Å².